The molecule has 154 valence electrons. The van der Waals surface area contributed by atoms with Gasteiger partial charge in [0.15, 0.2) is 17.0 Å². The summed E-state index contributed by atoms with van der Waals surface area (Å²) in [5.41, 5.74) is 8.68. The Hall–Kier alpha value is -2.51. The van der Waals surface area contributed by atoms with E-state index in [0.717, 1.165) is 41.2 Å². The summed E-state index contributed by atoms with van der Waals surface area (Å²) in [6.07, 6.45) is 1.83. The van der Waals surface area contributed by atoms with Crippen LogP contribution in [0.4, 0.5) is 5.82 Å². The van der Waals surface area contributed by atoms with Gasteiger partial charge in [0, 0.05) is 38.0 Å². The first-order valence-corrected chi connectivity index (χ1v) is 10.6. The molecule has 3 aromatic rings. The summed E-state index contributed by atoms with van der Waals surface area (Å²) in [4.78, 5) is 4.90. The van der Waals surface area contributed by atoms with Crippen LogP contribution >= 0.6 is 11.8 Å². The van der Waals surface area contributed by atoms with Crippen LogP contribution in [-0.2, 0) is 17.7 Å². The van der Waals surface area contributed by atoms with Crippen LogP contribution < -0.4 is 19.8 Å². The van der Waals surface area contributed by atoms with E-state index in [2.05, 4.69) is 28.8 Å². The van der Waals surface area contributed by atoms with Gasteiger partial charge in [0.05, 0.1) is 26.2 Å². The van der Waals surface area contributed by atoms with Crippen molar-refractivity contribution < 1.29 is 18.8 Å². The molecule has 0 radical (unpaired) electrons. The highest BCUT2D eigenvalue weighted by Crippen LogP contribution is 2.33. The molecule has 0 fully saturated rings. The van der Waals surface area contributed by atoms with E-state index in [1.807, 2.05) is 18.2 Å². The molecule has 1 aromatic heterocycles. The highest BCUT2D eigenvalue weighted by molar-refractivity contribution is 7.99. The minimum atomic E-state index is 0.640. The van der Waals surface area contributed by atoms with Crippen LogP contribution in [0.2, 0.25) is 0 Å². The molecule has 2 N–H and O–H groups in total. The molecule has 3 rings (SSSR count). The van der Waals surface area contributed by atoms with Gasteiger partial charge < -0.3 is 19.9 Å². The lowest BCUT2D eigenvalue weighted by molar-refractivity contribution is -0.722. The van der Waals surface area contributed by atoms with Crippen LogP contribution in [0.5, 0.6) is 11.5 Å². The molecule has 2 aromatic carbocycles. The topological polar surface area (TPSA) is 70.5 Å². The molecule has 0 bridgehead atoms. The van der Waals surface area contributed by atoms with Crippen molar-refractivity contribution in [3.05, 3.63) is 48.0 Å². The van der Waals surface area contributed by atoms with E-state index >= 15 is 0 Å². The van der Waals surface area contributed by atoms with Crippen molar-refractivity contribution in [2.45, 2.75) is 24.5 Å². The number of ether oxygens (including phenoxy) is 3. The minimum absolute atomic E-state index is 0.640. The molecule has 1 heterocycles. The summed E-state index contributed by atoms with van der Waals surface area (Å²) in [7, 11) is 4.95. The van der Waals surface area contributed by atoms with E-state index in [1.54, 1.807) is 33.1 Å². The van der Waals surface area contributed by atoms with Crippen molar-refractivity contribution in [2.24, 2.45) is 0 Å². The van der Waals surface area contributed by atoms with Gasteiger partial charge in [-0.3, -0.25) is 0 Å². The molecule has 0 saturated heterocycles. The second-order valence-electron chi connectivity index (χ2n) is 6.59. The zero-order chi connectivity index (χ0) is 20.6. The number of aromatic nitrogens is 2. The molecule has 0 amide bonds. The van der Waals surface area contributed by atoms with Crippen molar-refractivity contribution in [1.29, 1.82) is 0 Å². The van der Waals surface area contributed by atoms with Gasteiger partial charge in [-0.15, -0.1) is 0 Å². The maximum atomic E-state index is 6.57. The zero-order valence-corrected chi connectivity index (χ0v) is 18.0. The number of methoxy groups -OCH3 is 3. The number of hydrogen-bond donors (Lipinski definition) is 1. The quantitative estimate of drug-likeness (QED) is 0.237. The van der Waals surface area contributed by atoms with Crippen LogP contribution in [0, 0.1) is 0 Å². The Morgan fingerprint density at radius 3 is 2.45 bits per heavy atom. The molecule has 0 aliphatic heterocycles. The van der Waals surface area contributed by atoms with Gasteiger partial charge in [-0.05, 0) is 12.0 Å². The lowest BCUT2D eigenvalue weighted by Crippen LogP contribution is -2.41. The molecule has 29 heavy (non-hydrogen) atoms. The Morgan fingerprint density at radius 1 is 1.03 bits per heavy atom. The molecule has 0 unspecified atom stereocenters. The van der Waals surface area contributed by atoms with E-state index in [9.17, 15) is 0 Å². The van der Waals surface area contributed by atoms with Gasteiger partial charge in [-0.25, -0.2) is 4.57 Å². The Balaban J connectivity index is 1.94. The number of anilines is 1. The van der Waals surface area contributed by atoms with E-state index < -0.39 is 0 Å². The van der Waals surface area contributed by atoms with Gasteiger partial charge >= 0.3 is 0 Å². The zero-order valence-electron chi connectivity index (χ0n) is 17.2. The number of fused-ring (bicyclic) bond motifs is 1. The Labute approximate surface area is 176 Å². The number of rotatable bonds is 10. The maximum Gasteiger partial charge on any atom is 0.299 e. The number of thioether (sulfide) groups is 1. The number of nitrogens with zero attached hydrogens (tertiary/aromatic N) is 2. The van der Waals surface area contributed by atoms with Crippen molar-refractivity contribution in [3.8, 4) is 11.5 Å². The lowest BCUT2D eigenvalue weighted by atomic mass is 10.2. The van der Waals surface area contributed by atoms with Gasteiger partial charge in [-0.2, -0.15) is 0 Å². The second-order valence-corrected chi connectivity index (χ2v) is 7.65. The summed E-state index contributed by atoms with van der Waals surface area (Å²) in [6, 6.07) is 14.2. The van der Waals surface area contributed by atoms with Gasteiger partial charge in [0.1, 0.15) is 0 Å². The molecule has 6 nitrogen and oxygen atoms in total. The Morgan fingerprint density at radius 2 is 1.76 bits per heavy atom. The Bertz CT molecular complexity index is 951. The van der Waals surface area contributed by atoms with Crippen molar-refractivity contribution >= 4 is 28.5 Å². The highest BCUT2D eigenvalue weighted by atomic mass is 32.2. The number of hydrogen-bond acceptors (Lipinski definition) is 6. The van der Waals surface area contributed by atoms with Gasteiger partial charge in [0.2, 0.25) is 5.82 Å². The van der Waals surface area contributed by atoms with Crippen LogP contribution in [0.25, 0.3) is 10.9 Å². The van der Waals surface area contributed by atoms with Crippen LogP contribution in [0.1, 0.15) is 12.0 Å². The summed E-state index contributed by atoms with van der Waals surface area (Å²) in [6.45, 7) is 1.41. The molecule has 0 aliphatic carbocycles. The van der Waals surface area contributed by atoms with Crippen LogP contribution in [0.3, 0.4) is 0 Å². The molecule has 7 heteroatoms. The van der Waals surface area contributed by atoms with E-state index in [4.69, 9.17) is 24.9 Å². The van der Waals surface area contributed by atoms with Crippen LogP contribution in [0.15, 0.2) is 47.6 Å². The largest absolute Gasteiger partial charge is 0.493 e. The fourth-order valence-corrected chi connectivity index (χ4v) is 4.20. The summed E-state index contributed by atoms with van der Waals surface area (Å²) < 4.78 is 18.2. The average molecular weight is 415 g/mol. The highest BCUT2D eigenvalue weighted by Gasteiger charge is 2.21. The van der Waals surface area contributed by atoms with E-state index in [-0.39, 0.29) is 0 Å². The van der Waals surface area contributed by atoms with Gasteiger partial charge in [0.25, 0.3) is 5.16 Å². The number of aryl methyl sites for hydroxylation is 1. The first kappa shape index (κ1) is 21.2. The predicted octanol–water partition coefficient (Wildman–Crippen LogP) is 3.49. The second kappa shape index (κ2) is 10.3. The summed E-state index contributed by atoms with van der Waals surface area (Å²) >= 11 is 1.71. The Kier molecular flexibility index (Phi) is 7.55. The number of nitrogens with two attached hydrogens (primary N) is 1. The normalized spacial score (nSPS) is 11.0. The average Bonchev–Trinajstić information content (AvgIpc) is 2.75. The number of nitrogen functional groups attached to an aromatic ring is 1. The van der Waals surface area contributed by atoms with E-state index in [0.29, 0.717) is 23.9 Å². The molecule has 0 spiro atoms. The third kappa shape index (κ3) is 5.10. The van der Waals surface area contributed by atoms with Crippen molar-refractivity contribution in [3.63, 3.8) is 0 Å². The standard InChI is InChI=1S/C22H27N3O3S/c1-26-12-7-11-25-21(23)17-14-19(27-2)20(28-3)15-18(17)24-22(25)29-13-10-16-8-5-4-6-9-16/h4-6,8-9,14-15,23H,7,10-13H2,1-3H3/p+1. The lowest BCUT2D eigenvalue weighted by Gasteiger charge is -2.13. The predicted molar refractivity (Wildman–Crippen MR) is 117 cm³/mol. The first-order valence-electron chi connectivity index (χ1n) is 9.58. The summed E-state index contributed by atoms with van der Waals surface area (Å²) in [5.74, 6) is 2.87. The fraction of sp³-hybridized carbons (Fsp3) is 0.364. The molecular weight excluding hydrogens is 386 g/mol. The first-order chi connectivity index (χ1) is 14.2. The summed E-state index contributed by atoms with van der Waals surface area (Å²) in [5, 5.41) is 1.75. The van der Waals surface area contributed by atoms with Gasteiger partial charge in [-0.1, -0.05) is 47.1 Å². The minimum Gasteiger partial charge on any atom is -0.493 e. The molecule has 0 saturated carbocycles. The van der Waals surface area contributed by atoms with Crippen LogP contribution in [-0.4, -0.2) is 38.7 Å². The monoisotopic (exact) mass is 414 g/mol. The molecule has 0 aliphatic rings. The van der Waals surface area contributed by atoms with E-state index in [1.165, 1.54) is 5.56 Å². The third-order valence-electron chi connectivity index (χ3n) is 4.71. The van der Waals surface area contributed by atoms with Crippen molar-refractivity contribution in [2.75, 3.05) is 39.4 Å². The third-order valence-corrected chi connectivity index (χ3v) is 5.69. The number of benzene rings is 2. The fourth-order valence-electron chi connectivity index (χ4n) is 3.18. The van der Waals surface area contributed by atoms with Crippen molar-refractivity contribution in [1.82, 2.24) is 4.98 Å². The smallest absolute Gasteiger partial charge is 0.299 e. The SMILES string of the molecule is COCCC[n+]1c(SCCc2ccccc2)nc2cc(OC)c(OC)cc2c1N. The molecular formula is C22H28N3O3S+. The maximum absolute atomic E-state index is 6.57. The molecule has 0 atom stereocenters.